The Morgan fingerprint density at radius 1 is 1.20 bits per heavy atom. The molecule has 1 N–H and O–H groups in total. The Labute approximate surface area is 120 Å². The van der Waals surface area contributed by atoms with Gasteiger partial charge < -0.3 is 5.32 Å². The van der Waals surface area contributed by atoms with Gasteiger partial charge in [0.05, 0.1) is 0 Å². The predicted molar refractivity (Wildman–Crippen MR) is 78.3 cm³/mol. The van der Waals surface area contributed by atoms with Gasteiger partial charge in [0.1, 0.15) is 5.54 Å². The Morgan fingerprint density at radius 3 is 2.45 bits per heavy atom. The second kappa shape index (κ2) is 5.65. The van der Waals surface area contributed by atoms with Crippen LogP contribution in [0.15, 0.2) is 30.3 Å². The average molecular weight is 274 g/mol. The number of imide groups is 1. The number of benzene rings is 1. The van der Waals surface area contributed by atoms with Crippen LogP contribution in [-0.2, 0) is 11.2 Å². The molecule has 1 atom stereocenters. The van der Waals surface area contributed by atoms with Gasteiger partial charge in [0.25, 0.3) is 5.91 Å². The van der Waals surface area contributed by atoms with Crippen LogP contribution in [0.4, 0.5) is 4.79 Å². The second-order valence-corrected chi connectivity index (χ2v) is 6.06. The fraction of sp³-hybridized carbons (Fsp3) is 0.500. The monoisotopic (exact) mass is 274 g/mol. The summed E-state index contributed by atoms with van der Waals surface area (Å²) >= 11 is 0. The molecule has 20 heavy (non-hydrogen) atoms. The summed E-state index contributed by atoms with van der Waals surface area (Å²) in [4.78, 5) is 25.7. The first-order valence-corrected chi connectivity index (χ1v) is 7.10. The lowest BCUT2D eigenvalue weighted by atomic mass is 9.93. The van der Waals surface area contributed by atoms with Crippen LogP contribution >= 0.6 is 0 Å². The maximum absolute atomic E-state index is 12.4. The van der Waals surface area contributed by atoms with Crippen LogP contribution in [0.2, 0.25) is 0 Å². The van der Waals surface area contributed by atoms with Gasteiger partial charge >= 0.3 is 6.03 Å². The van der Waals surface area contributed by atoms with E-state index in [-0.39, 0.29) is 17.9 Å². The van der Waals surface area contributed by atoms with Crippen molar-refractivity contribution < 1.29 is 9.59 Å². The highest BCUT2D eigenvalue weighted by Crippen LogP contribution is 2.24. The number of nitrogens with zero attached hydrogens (tertiary/aromatic N) is 1. The van der Waals surface area contributed by atoms with E-state index in [1.807, 2.05) is 51.1 Å². The molecule has 1 saturated heterocycles. The van der Waals surface area contributed by atoms with Crippen molar-refractivity contribution in [2.24, 2.45) is 5.92 Å². The molecule has 1 fully saturated rings. The maximum atomic E-state index is 12.4. The van der Waals surface area contributed by atoms with Crippen molar-refractivity contribution in [1.29, 1.82) is 0 Å². The lowest BCUT2D eigenvalue weighted by molar-refractivity contribution is -0.131. The normalized spacial score (nSPS) is 22.5. The Kier molecular flexibility index (Phi) is 4.12. The highest BCUT2D eigenvalue weighted by atomic mass is 16.2. The molecular formula is C16H22N2O2. The van der Waals surface area contributed by atoms with Gasteiger partial charge in [-0.15, -0.1) is 0 Å². The van der Waals surface area contributed by atoms with E-state index < -0.39 is 5.54 Å². The van der Waals surface area contributed by atoms with E-state index in [9.17, 15) is 9.59 Å². The Morgan fingerprint density at radius 2 is 1.85 bits per heavy atom. The zero-order valence-corrected chi connectivity index (χ0v) is 12.3. The number of hydrogen-bond acceptors (Lipinski definition) is 2. The summed E-state index contributed by atoms with van der Waals surface area (Å²) < 4.78 is 0. The lowest BCUT2D eigenvalue weighted by Crippen LogP contribution is -2.44. The van der Waals surface area contributed by atoms with Crippen molar-refractivity contribution in [3.8, 4) is 0 Å². The first-order chi connectivity index (χ1) is 9.42. The fourth-order valence-electron chi connectivity index (χ4n) is 2.49. The predicted octanol–water partition coefficient (Wildman–Crippen LogP) is 2.59. The molecule has 108 valence electrons. The first-order valence-electron chi connectivity index (χ1n) is 7.10. The van der Waals surface area contributed by atoms with E-state index in [1.54, 1.807) is 0 Å². The van der Waals surface area contributed by atoms with Crippen LogP contribution in [0.1, 0.15) is 32.8 Å². The van der Waals surface area contributed by atoms with E-state index in [1.165, 1.54) is 10.5 Å². The van der Waals surface area contributed by atoms with Crippen molar-refractivity contribution in [3.05, 3.63) is 35.9 Å². The molecule has 0 saturated carbocycles. The van der Waals surface area contributed by atoms with E-state index in [2.05, 4.69) is 5.32 Å². The van der Waals surface area contributed by atoms with Crippen LogP contribution in [0, 0.1) is 5.92 Å². The molecule has 1 aromatic rings. The smallest absolute Gasteiger partial charge is 0.323 e. The molecule has 0 radical (unpaired) electrons. The molecule has 2 rings (SSSR count). The van der Waals surface area contributed by atoms with Gasteiger partial charge in [0.15, 0.2) is 0 Å². The molecule has 0 bridgehead atoms. The van der Waals surface area contributed by atoms with Crippen LogP contribution < -0.4 is 5.32 Å². The zero-order chi connectivity index (χ0) is 14.8. The molecule has 1 heterocycles. The summed E-state index contributed by atoms with van der Waals surface area (Å²) in [5, 5.41) is 2.84. The molecule has 4 nitrogen and oxygen atoms in total. The van der Waals surface area contributed by atoms with Crippen LogP contribution in [0.25, 0.3) is 0 Å². The van der Waals surface area contributed by atoms with E-state index in [0.717, 1.165) is 6.42 Å². The summed E-state index contributed by atoms with van der Waals surface area (Å²) in [5.41, 5.74) is 0.403. The molecule has 0 aromatic heterocycles. The summed E-state index contributed by atoms with van der Waals surface area (Å²) in [6.45, 7) is 6.29. The minimum Gasteiger partial charge on any atom is -0.323 e. The summed E-state index contributed by atoms with van der Waals surface area (Å²) in [6, 6.07) is 9.75. The molecule has 1 aliphatic heterocycles. The van der Waals surface area contributed by atoms with Gasteiger partial charge in [-0.2, -0.15) is 0 Å². The third kappa shape index (κ3) is 3.00. The van der Waals surface area contributed by atoms with E-state index in [4.69, 9.17) is 0 Å². The molecule has 0 spiro atoms. The number of carbonyl (C=O) groups is 2. The summed E-state index contributed by atoms with van der Waals surface area (Å²) in [6.07, 6.45) is 1.40. The number of rotatable bonds is 5. The number of amides is 3. The zero-order valence-electron chi connectivity index (χ0n) is 12.3. The van der Waals surface area contributed by atoms with Crippen LogP contribution in [0.3, 0.4) is 0 Å². The molecular weight excluding hydrogens is 252 g/mol. The summed E-state index contributed by atoms with van der Waals surface area (Å²) in [7, 11) is 0. The van der Waals surface area contributed by atoms with Crippen molar-refractivity contribution in [1.82, 2.24) is 10.2 Å². The van der Waals surface area contributed by atoms with E-state index in [0.29, 0.717) is 13.0 Å². The van der Waals surface area contributed by atoms with Crippen molar-refractivity contribution >= 4 is 11.9 Å². The Hall–Kier alpha value is -1.84. The number of hydrogen-bond donors (Lipinski definition) is 1. The fourth-order valence-corrected chi connectivity index (χ4v) is 2.49. The number of aryl methyl sites for hydroxylation is 1. The molecule has 0 aliphatic carbocycles. The minimum absolute atomic E-state index is 0.105. The highest BCUT2D eigenvalue weighted by molar-refractivity contribution is 6.06. The Bertz CT molecular complexity index is 498. The van der Waals surface area contributed by atoms with Crippen molar-refractivity contribution in [3.63, 3.8) is 0 Å². The number of carbonyl (C=O) groups excluding carboxylic acids is 2. The van der Waals surface area contributed by atoms with Crippen molar-refractivity contribution in [2.45, 2.75) is 39.2 Å². The molecule has 4 heteroatoms. The van der Waals surface area contributed by atoms with Gasteiger partial charge in [0.2, 0.25) is 0 Å². The maximum Gasteiger partial charge on any atom is 0.325 e. The molecule has 1 aromatic carbocycles. The third-order valence-electron chi connectivity index (χ3n) is 3.65. The standard InChI is InChI=1S/C16H22N2O2/c1-12(2)11-18-14(19)16(3,17-15(18)20)10-9-13-7-5-4-6-8-13/h4-8,12H,9-11H2,1-3H3,(H,17,20)/t16-/m1/s1. The summed E-state index contributed by atoms with van der Waals surface area (Å²) in [5.74, 6) is 0.174. The molecule has 0 unspecified atom stereocenters. The molecule has 3 amide bonds. The highest BCUT2D eigenvalue weighted by Gasteiger charge is 2.47. The van der Waals surface area contributed by atoms with E-state index >= 15 is 0 Å². The number of urea groups is 1. The van der Waals surface area contributed by atoms with Gasteiger partial charge in [-0.1, -0.05) is 44.2 Å². The minimum atomic E-state index is -0.776. The van der Waals surface area contributed by atoms with Gasteiger partial charge in [-0.25, -0.2) is 4.79 Å². The average Bonchev–Trinajstić information content (AvgIpc) is 2.62. The third-order valence-corrected chi connectivity index (χ3v) is 3.65. The van der Waals surface area contributed by atoms with Crippen LogP contribution in [-0.4, -0.2) is 28.9 Å². The van der Waals surface area contributed by atoms with Gasteiger partial charge in [-0.05, 0) is 31.2 Å². The van der Waals surface area contributed by atoms with Gasteiger partial charge in [0, 0.05) is 6.54 Å². The van der Waals surface area contributed by atoms with Crippen molar-refractivity contribution in [2.75, 3.05) is 6.54 Å². The quantitative estimate of drug-likeness (QED) is 0.839. The molecule has 1 aliphatic rings. The topological polar surface area (TPSA) is 49.4 Å². The van der Waals surface area contributed by atoms with Gasteiger partial charge in [-0.3, -0.25) is 9.69 Å². The first kappa shape index (κ1) is 14.6. The lowest BCUT2D eigenvalue weighted by Gasteiger charge is -2.22. The number of nitrogens with one attached hydrogen (secondary N) is 1. The second-order valence-electron chi connectivity index (χ2n) is 6.06. The van der Waals surface area contributed by atoms with Crippen LogP contribution in [0.5, 0.6) is 0 Å². The SMILES string of the molecule is CC(C)CN1C(=O)N[C@](C)(CCc2ccccc2)C1=O. The largest absolute Gasteiger partial charge is 0.325 e. The Balaban J connectivity index is 2.04.